The fourth-order valence-corrected chi connectivity index (χ4v) is 2.77. The van der Waals surface area contributed by atoms with Crippen LogP contribution in [0.25, 0.3) is 16.7 Å². The first kappa shape index (κ1) is 13.8. The first-order valence-electron chi connectivity index (χ1n) is 5.78. The van der Waals surface area contributed by atoms with Crippen molar-refractivity contribution < 1.29 is 8.78 Å². The highest BCUT2D eigenvalue weighted by Gasteiger charge is 2.15. The van der Waals surface area contributed by atoms with E-state index in [0.29, 0.717) is 16.9 Å². The summed E-state index contributed by atoms with van der Waals surface area (Å²) in [6.07, 6.45) is 0. The Morgan fingerprint density at radius 3 is 2.70 bits per heavy atom. The number of fused-ring (bicyclic) bond motifs is 1. The molecule has 2 nitrogen and oxygen atoms in total. The molecule has 1 aromatic heterocycles. The lowest BCUT2D eigenvalue weighted by atomic mass is 10.2. The Kier molecular flexibility index (Phi) is 3.64. The van der Waals surface area contributed by atoms with Gasteiger partial charge in [-0.25, -0.2) is 13.8 Å². The van der Waals surface area contributed by atoms with Crippen LogP contribution in [0.3, 0.4) is 0 Å². The van der Waals surface area contributed by atoms with E-state index in [9.17, 15) is 8.78 Å². The molecule has 0 saturated carbocycles. The van der Waals surface area contributed by atoms with Crippen molar-refractivity contribution in [2.24, 2.45) is 0 Å². The Balaban J connectivity index is 2.37. The van der Waals surface area contributed by atoms with Crippen molar-refractivity contribution in [2.45, 2.75) is 5.88 Å². The molecular formula is C14H8ClF2IN2. The van der Waals surface area contributed by atoms with E-state index in [2.05, 4.69) is 27.6 Å². The molecule has 1 heterocycles. The molecule has 0 radical (unpaired) electrons. The summed E-state index contributed by atoms with van der Waals surface area (Å²) in [5.74, 6) is -0.431. The second-order valence-corrected chi connectivity index (χ2v) is 5.74. The highest BCUT2D eigenvalue weighted by atomic mass is 127. The summed E-state index contributed by atoms with van der Waals surface area (Å²) in [6, 6.07) is 8.91. The molecule has 3 aromatic rings. The summed E-state index contributed by atoms with van der Waals surface area (Å²) < 4.78 is 30.0. The molecule has 0 aliphatic rings. The van der Waals surface area contributed by atoms with Crippen LogP contribution in [0.15, 0.2) is 36.4 Å². The molecular weight excluding hydrogens is 397 g/mol. The smallest absolute Gasteiger partial charge is 0.147 e. The lowest BCUT2D eigenvalue weighted by Gasteiger charge is -2.09. The molecule has 102 valence electrons. The van der Waals surface area contributed by atoms with Crippen LogP contribution >= 0.6 is 34.2 Å². The van der Waals surface area contributed by atoms with Crippen molar-refractivity contribution in [3.05, 3.63) is 57.4 Å². The van der Waals surface area contributed by atoms with Crippen LogP contribution in [0.5, 0.6) is 0 Å². The number of halogens is 4. The zero-order chi connectivity index (χ0) is 14.3. The van der Waals surface area contributed by atoms with Gasteiger partial charge in [-0.05, 0) is 52.9 Å². The van der Waals surface area contributed by atoms with Crippen LogP contribution in [0, 0.1) is 15.2 Å². The van der Waals surface area contributed by atoms with Gasteiger partial charge in [0.15, 0.2) is 0 Å². The number of rotatable bonds is 2. The van der Waals surface area contributed by atoms with E-state index >= 15 is 0 Å². The number of imidazole rings is 1. The van der Waals surface area contributed by atoms with Gasteiger partial charge in [0, 0.05) is 9.64 Å². The molecule has 6 heteroatoms. The third-order valence-corrected chi connectivity index (χ3v) is 3.86. The number of hydrogen-bond donors (Lipinski definition) is 0. The number of aromatic nitrogens is 2. The maximum atomic E-state index is 14.0. The minimum atomic E-state index is -0.518. The second kappa shape index (κ2) is 5.29. The Morgan fingerprint density at radius 1 is 1.15 bits per heavy atom. The molecule has 0 saturated heterocycles. The first-order chi connectivity index (χ1) is 9.60. The molecule has 0 unspecified atom stereocenters. The Labute approximate surface area is 132 Å². The topological polar surface area (TPSA) is 17.8 Å². The van der Waals surface area contributed by atoms with Crippen molar-refractivity contribution in [3.8, 4) is 5.69 Å². The molecule has 0 aliphatic heterocycles. The molecule has 0 fully saturated rings. The van der Waals surface area contributed by atoms with E-state index in [1.165, 1.54) is 0 Å². The first-order valence-corrected chi connectivity index (χ1v) is 7.40. The Morgan fingerprint density at radius 2 is 1.95 bits per heavy atom. The number of benzene rings is 2. The SMILES string of the molecule is Fc1ccc(F)c(-n2c(CCl)nc3cc(I)ccc32)c1. The number of nitrogens with zero attached hydrogens (tertiary/aromatic N) is 2. The number of hydrogen-bond acceptors (Lipinski definition) is 1. The monoisotopic (exact) mass is 404 g/mol. The fraction of sp³-hybridized carbons (Fsp3) is 0.0714. The minimum absolute atomic E-state index is 0.112. The maximum absolute atomic E-state index is 14.0. The van der Waals surface area contributed by atoms with Crippen molar-refractivity contribution in [3.63, 3.8) is 0 Å². The summed E-state index contributed by atoms with van der Waals surface area (Å²) in [6.45, 7) is 0. The standard InChI is InChI=1S/C14H8ClF2IN2/c15-7-14-19-11-6-9(18)2-4-12(11)20(14)13-5-8(16)1-3-10(13)17/h1-6H,7H2. The summed E-state index contributed by atoms with van der Waals surface area (Å²) in [7, 11) is 0. The highest BCUT2D eigenvalue weighted by Crippen LogP contribution is 2.26. The Bertz CT molecular complexity index is 801. The van der Waals surface area contributed by atoms with Gasteiger partial charge in [0.2, 0.25) is 0 Å². The third kappa shape index (κ3) is 2.29. The third-order valence-electron chi connectivity index (χ3n) is 2.95. The van der Waals surface area contributed by atoms with Crippen LogP contribution in [0.1, 0.15) is 5.82 Å². The van der Waals surface area contributed by atoms with E-state index in [1.54, 1.807) is 4.57 Å². The zero-order valence-electron chi connectivity index (χ0n) is 10.1. The lowest BCUT2D eigenvalue weighted by molar-refractivity contribution is 0.592. The highest BCUT2D eigenvalue weighted by molar-refractivity contribution is 14.1. The summed E-state index contributed by atoms with van der Waals surface area (Å²) in [4.78, 5) is 4.38. The summed E-state index contributed by atoms with van der Waals surface area (Å²) >= 11 is 8.06. The van der Waals surface area contributed by atoms with Crippen molar-refractivity contribution in [1.82, 2.24) is 9.55 Å². The van der Waals surface area contributed by atoms with Crippen molar-refractivity contribution >= 4 is 45.2 Å². The van der Waals surface area contributed by atoms with Gasteiger partial charge in [-0.1, -0.05) is 0 Å². The maximum Gasteiger partial charge on any atom is 0.147 e. The van der Waals surface area contributed by atoms with Gasteiger partial charge in [-0.15, -0.1) is 11.6 Å². The summed E-state index contributed by atoms with van der Waals surface area (Å²) in [5.41, 5.74) is 1.52. The number of alkyl halides is 1. The van der Waals surface area contributed by atoms with E-state index < -0.39 is 11.6 Å². The quantitative estimate of drug-likeness (QED) is 0.449. The molecule has 0 N–H and O–H groups in total. The van der Waals surface area contributed by atoms with Gasteiger partial charge in [0.25, 0.3) is 0 Å². The molecule has 3 rings (SSSR count). The second-order valence-electron chi connectivity index (χ2n) is 4.23. The van der Waals surface area contributed by atoms with Crippen LogP contribution in [0.4, 0.5) is 8.78 Å². The molecule has 0 atom stereocenters. The van der Waals surface area contributed by atoms with Gasteiger partial charge < -0.3 is 0 Å². The summed E-state index contributed by atoms with van der Waals surface area (Å²) in [5, 5.41) is 0. The van der Waals surface area contributed by atoms with Gasteiger partial charge >= 0.3 is 0 Å². The molecule has 0 spiro atoms. The van der Waals surface area contributed by atoms with Gasteiger partial charge in [0.1, 0.15) is 17.5 Å². The van der Waals surface area contributed by atoms with Gasteiger partial charge in [-0.3, -0.25) is 4.57 Å². The van der Waals surface area contributed by atoms with Crippen LogP contribution in [-0.2, 0) is 5.88 Å². The lowest BCUT2D eigenvalue weighted by Crippen LogP contribution is -2.02. The van der Waals surface area contributed by atoms with E-state index in [0.717, 1.165) is 21.8 Å². The fourth-order valence-electron chi connectivity index (χ4n) is 2.12. The van der Waals surface area contributed by atoms with E-state index in [4.69, 9.17) is 11.6 Å². The zero-order valence-corrected chi connectivity index (χ0v) is 13.0. The predicted molar refractivity (Wildman–Crippen MR) is 83.3 cm³/mol. The normalized spacial score (nSPS) is 11.2. The largest absolute Gasteiger partial charge is 0.292 e. The molecule has 0 amide bonds. The molecule has 0 bridgehead atoms. The minimum Gasteiger partial charge on any atom is -0.292 e. The van der Waals surface area contributed by atoms with Crippen LogP contribution < -0.4 is 0 Å². The van der Waals surface area contributed by atoms with E-state index in [-0.39, 0.29) is 11.6 Å². The molecule has 0 aliphatic carbocycles. The Hall–Kier alpha value is -1.21. The van der Waals surface area contributed by atoms with Gasteiger partial charge in [0.05, 0.1) is 22.6 Å². The van der Waals surface area contributed by atoms with Crippen molar-refractivity contribution in [2.75, 3.05) is 0 Å². The van der Waals surface area contributed by atoms with Gasteiger partial charge in [-0.2, -0.15) is 0 Å². The van der Waals surface area contributed by atoms with E-state index in [1.807, 2.05) is 18.2 Å². The average Bonchev–Trinajstić information content (AvgIpc) is 2.78. The molecule has 20 heavy (non-hydrogen) atoms. The van der Waals surface area contributed by atoms with Crippen molar-refractivity contribution in [1.29, 1.82) is 0 Å². The molecule has 2 aromatic carbocycles. The van der Waals surface area contributed by atoms with Crippen LogP contribution in [-0.4, -0.2) is 9.55 Å². The average molecular weight is 405 g/mol. The predicted octanol–water partition coefficient (Wildman–Crippen LogP) is 4.65. The van der Waals surface area contributed by atoms with Crippen LogP contribution in [0.2, 0.25) is 0 Å².